The van der Waals surface area contributed by atoms with Crippen molar-refractivity contribution in [3.63, 3.8) is 0 Å². The Morgan fingerprint density at radius 1 is 1.32 bits per heavy atom. The van der Waals surface area contributed by atoms with E-state index in [2.05, 4.69) is 13.5 Å². The lowest BCUT2D eigenvalue weighted by molar-refractivity contribution is -0.0173. The molecule has 0 aliphatic carbocycles. The van der Waals surface area contributed by atoms with Gasteiger partial charge >= 0.3 is 0 Å². The molecule has 0 radical (unpaired) electrons. The molecule has 0 fully saturated rings. The van der Waals surface area contributed by atoms with E-state index in [0.29, 0.717) is 35.5 Å². The van der Waals surface area contributed by atoms with Crippen LogP contribution in [0.5, 0.6) is 0 Å². The number of rotatable bonds is 3. The number of aromatic nitrogens is 1. The summed E-state index contributed by atoms with van der Waals surface area (Å²) in [4.78, 5) is 13.2. The molecule has 5 heteroatoms. The lowest BCUT2D eigenvalue weighted by Crippen LogP contribution is -2.39. The molecule has 0 bridgehead atoms. The number of benzene rings is 1. The molecule has 1 aromatic carbocycles. The molecule has 4 rings (SSSR count). The maximum absolute atomic E-state index is 13.2. The van der Waals surface area contributed by atoms with Gasteiger partial charge in [0.25, 0.3) is 5.56 Å². The van der Waals surface area contributed by atoms with E-state index in [0.717, 1.165) is 23.1 Å². The molecule has 2 aromatic rings. The maximum atomic E-state index is 13.2. The highest BCUT2D eigenvalue weighted by molar-refractivity contribution is 6.15. The molecule has 2 N–H and O–H groups in total. The molecular weight excluding hydrogens is 352 g/mol. The summed E-state index contributed by atoms with van der Waals surface area (Å²) in [6, 6.07) is 11.8. The van der Waals surface area contributed by atoms with Crippen LogP contribution < -0.4 is 5.56 Å². The highest BCUT2D eigenvalue weighted by Gasteiger charge is 2.41. The van der Waals surface area contributed by atoms with Gasteiger partial charge in [0, 0.05) is 11.1 Å². The smallest absolute Gasteiger partial charge is 0.258 e. The molecule has 1 atom stereocenters. The Labute approximate surface area is 164 Å². The van der Waals surface area contributed by atoms with Crippen molar-refractivity contribution < 1.29 is 9.84 Å². The highest BCUT2D eigenvalue weighted by atomic mass is 16.5. The van der Waals surface area contributed by atoms with E-state index in [9.17, 15) is 9.90 Å². The quantitative estimate of drug-likeness (QED) is 0.857. The minimum atomic E-state index is -1.40. The van der Waals surface area contributed by atoms with Gasteiger partial charge < -0.3 is 14.4 Å². The second kappa shape index (κ2) is 6.60. The number of allylic oxidation sites excluding steroid dienone is 2. The van der Waals surface area contributed by atoms with E-state index in [-0.39, 0.29) is 17.9 Å². The lowest BCUT2D eigenvalue weighted by Gasteiger charge is -2.35. The van der Waals surface area contributed by atoms with E-state index in [4.69, 9.17) is 10.1 Å². The first-order valence-corrected chi connectivity index (χ1v) is 9.60. The summed E-state index contributed by atoms with van der Waals surface area (Å²) in [7, 11) is 0. The van der Waals surface area contributed by atoms with Crippen LogP contribution >= 0.6 is 0 Å². The highest BCUT2D eigenvalue weighted by Crippen LogP contribution is 2.40. The van der Waals surface area contributed by atoms with Crippen LogP contribution in [-0.4, -0.2) is 15.4 Å². The van der Waals surface area contributed by atoms with Crippen LogP contribution in [0, 0.1) is 5.41 Å². The third kappa shape index (κ3) is 2.50. The van der Waals surface area contributed by atoms with Crippen LogP contribution in [0.4, 0.5) is 0 Å². The van der Waals surface area contributed by atoms with Gasteiger partial charge in [-0.2, -0.15) is 0 Å². The predicted octanol–water partition coefficient (Wildman–Crippen LogP) is 3.74. The van der Waals surface area contributed by atoms with E-state index in [1.165, 1.54) is 0 Å². The molecular formula is C23H24N2O3. The van der Waals surface area contributed by atoms with Crippen LogP contribution in [0.3, 0.4) is 0 Å². The Kier molecular flexibility index (Phi) is 4.35. The Morgan fingerprint density at radius 2 is 2.04 bits per heavy atom. The first-order valence-electron chi connectivity index (χ1n) is 9.60. The summed E-state index contributed by atoms with van der Waals surface area (Å²) in [5.74, 6) is 0.255. The normalized spacial score (nSPS) is 22.5. The molecule has 5 nitrogen and oxygen atoms in total. The molecule has 3 heterocycles. The van der Waals surface area contributed by atoms with E-state index < -0.39 is 5.60 Å². The number of hydrogen-bond donors (Lipinski definition) is 2. The first kappa shape index (κ1) is 18.4. The number of ether oxygens (including phenoxy) is 1. The number of pyridine rings is 1. The van der Waals surface area contributed by atoms with Gasteiger partial charge in [0.05, 0.1) is 23.5 Å². The van der Waals surface area contributed by atoms with Crippen molar-refractivity contribution in [2.45, 2.75) is 45.4 Å². The van der Waals surface area contributed by atoms with E-state index in [1.54, 1.807) is 10.6 Å². The number of nitrogens with zero attached hydrogens (tertiary/aromatic N) is 1. The molecule has 28 heavy (non-hydrogen) atoms. The van der Waals surface area contributed by atoms with Crippen molar-refractivity contribution in [1.82, 2.24) is 4.57 Å². The van der Waals surface area contributed by atoms with Crippen LogP contribution in [0.1, 0.15) is 49.1 Å². The largest absolute Gasteiger partial charge is 0.490 e. The number of hydrogen-bond acceptors (Lipinski definition) is 4. The molecule has 0 saturated heterocycles. The van der Waals surface area contributed by atoms with Gasteiger partial charge in [0.2, 0.25) is 0 Å². The molecule has 2 aliphatic heterocycles. The Balaban J connectivity index is 1.92. The van der Waals surface area contributed by atoms with Crippen LogP contribution in [0.25, 0.3) is 5.57 Å². The monoisotopic (exact) mass is 376 g/mol. The fourth-order valence-electron chi connectivity index (χ4n) is 4.25. The lowest BCUT2D eigenvalue weighted by atomic mass is 9.84. The van der Waals surface area contributed by atoms with Gasteiger partial charge in [0.15, 0.2) is 0 Å². The number of aliphatic hydroxyl groups is 1. The Bertz CT molecular complexity index is 1080. The van der Waals surface area contributed by atoms with Crippen molar-refractivity contribution in [2.75, 3.05) is 0 Å². The molecule has 0 spiro atoms. The van der Waals surface area contributed by atoms with Crippen molar-refractivity contribution in [1.29, 1.82) is 5.41 Å². The minimum Gasteiger partial charge on any atom is -0.490 e. The third-order valence-corrected chi connectivity index (χ3v) is 5.92. The zero-order chi connectivity index (χ0) is 20.1. The SMILES string of the molecule is C=C1OCc2c(cc3n(c2=O)C/C(=C(\CC)c2ccccc2)C3=N)C1(O)CC. The fourth-order valence-corrected chi connectivity index (χ4v) is 4.25. The molecule has 2 aliphatic rings. The average molecular weight is 376 g/mol. The number of fused-ring (bicyclic) bond motifs is 2. The van der Waals surface area contributed by atoms with Crippen molar-refractivity contribution in [3.8, 4) is 0 Å². The number of nitrogens with one attached hydrogen (secondary N) is 1. The summed E-state index contributed by atoms with van der Waals surface area (Å²) in [5.41, 5.74) is 3.25. The van der Waals surface area contributed by atoms with Gasteiger partial charge in [0.1, 0.15) is 18.0 Å². The summed E-state index contributed by atoms with van der Waals surface area (Å²) in [6.07, 6.45) is 1.12. The van der Waals surface area contributed by atoms with Gasteiger partial charge in [-0.05, 0) is 30.0 Å². The zero-order valence-electron chi connectivity index (χ0n) is 16.2. The predicted molar refractivity (Wildman–Crippen MR) is 109 cm³/mol. The average Bonchev–Trinajstić information content (AvgIpc) is 3.04. The van der Waals surface area contributed by atoms with Gasteiger partial charge in [-0.15, -0.1) is 0 Å². The first-order chi connectivity index (χ1) is 13.4. The Morgan fingerprint density at radius 3 is 2.68 bits per heavy atom. The summed E-state index contributed by atoms with van der Waals surface area (Å²) in [5, 5.41) is 19.9. The zero-order valence-corrected chi connectivity index (χ0v) is 16.2. The van der Waals surface area contributed by atoms with Crippen molar-refractivity contribution in [3.05, 3.63) is 87.0 Å². The van der Waals surface area contributed by atoms with Gasteiger partial charge in [-0.1, -0.05) is 50.8 Å². The molecule has 1 unspecified atom stereocenters. The Hall–Kier alpha value is -2.92. The van der Waals surface area contributed by atoms with Crippen LogP contribution in [-0.2, 0) is 23.5 Å². The van der Waals surface area contributed by atoms with Crippen LogP contribution in [0.15, 0.2) is 59.1 Å². The second-order valence-electron chi connectivity index (χ2n) is 7.29. The fraction of sp³-hybridized carbons (Fsp3) is 0.304. The van der Waals surface area contributed by atoms with Gasteiger partial charge in [-0.25, -0.2) is 0 Å². The van der Waals surface area contributed by atoms with E-state index in [1.807, 2.05) is 37.3 Å². The molecule has 144 valence electrons. The van der Waals surface area contributed by atoms with Gasteiger partial charge in [-0.3, -0.25) is 10.2 Å². The van der Waals surface area contributed by atoms with Crippen molar-refractivity contribution >= 4 is 11.3 Å². The minimum absolute atomic E-state index is 0.0985. The maximum Gasteiger partial charge on any atom is 0.258 e. The van der Waals surface area contributed by atoms with E-state index >= 15 is 0 Å². The molecule has 0 amide bonds. The standard InChI is InChI=1S/C23H24N2O3/c1-4-16(15-9-7-6-8-10-15)17-12-25-20(21(17)24)11-19-18(22(25)26)13-28-14(3)23(19,27)5-2/h6-11,24,27H,3-5,12-13H2,1-2H3/b17-16-,24-21?. The third-order valence-electron chi connectivity index (χ3n) is 5.92. The molecule has 1 aromatic heterocycles. The summed E-state index contributed by atoms with van der Waals surface area (Å²) >= 11 is 0. The molecule has 0 saturated carbocycles. The second-order valence-corrected chi connectivity index (χ2v) is 7.29. The summed E-state index contributed by atoms with van der Waals surface area (Å²) in [6.45, 7) is 8.19. The van der Waals surface area contributed by atoms with Crippen LogP contribution in [0.2, 0.25) is 0 Å². The topological polar surface area (TPSA) is 75.3 Å². The van der Waals surface area contributed by atoms with Crippen molar-refractivity contribution in [2.24, 2.45) is 0 Å². The summed E-state index contributed by atoms with van der Waals surface area (Å²) < 4.78 is 7.15.